The number of benzene rings is 2. The predicted molar refractivity (Wildman–Crippen MR) is 103 cm³/mol. The van der Waals surface area contributed by atoms with Crippen LogP contribution in [0.5, 0.6) is 0 Å². The van der Waals surface area contributed by atoms with Crippen molar-refractivity contribution in [3.63, 3.8) is 0 Å². The highest BCUT2D eigenvalue weighted by molar-refractivity contribution is 6.35. The van der Waals surface area contributed by atoms with E-state index in [1.54, 1.807) is 13.1 Å². The normalized spacial score (nSPS) is 23.6. The highest BCUT2D eigenvalue weighted by Crippen LogP contribution is 2.51. The molecule has 2 aliphatic rings. The number of nitrogens with one attached hydrogen (secondary N) is 2. The van der Waals surface area contributed by atoms with Crippen molar-refractivity contribution in [2.24, 2.45) is 5.92 Å². The van der Waals surface area contributed by atoms with Gasteiger partial charge in [0.25, 0.3) is 5.91 Å². The van der Waals surface area contributed by atoms with Crippen LogP contribution < -0.4 is 10.6 Å². The molecule has 0 aromatic heterocycles. The molecule has 128 valence electrons. The van der Waals surface area contributed by atoms with Crippen LogP contribution in [-0.2, 0) is 0 Å². The molecule has 0 spiro atoms. The van der Waals surface area contributed by atoms with Crippen LogP contribution in [0.1, 0.15) is 39.9 Å². The van der Waals surface area contributed by atoms with E-state index in [-0.39, 0.29) is 17.9 Å². The number of anilines is 1. The van der Waals surface area contributed by atoms with Crippen molar-refractivity contribution in [1.82, 2.24) is 5.32 Å². The molecule has 3 atom stereocenters. The maximum atomic E-state index is 12.3. The van der Waals surface area contributed by atoms with Gasteiger partial charge >= 0.3 is 0 Å². The zero-order valence-corrected chi connectivity index (χ0v) is 15.2. The van der Waals surface area contributed by atoms with Gasteiger partial charge in [-0.25, -0.2) is 0 Å². The number of carbonyl (C=O) groups excluding carboxylic acids is 1. The van der Waals surface area contributed by atoms with Gasteiger partial charge in [-0.15, -0.1) is 0 Å². The number of hydrogen-bond donors (Lipinski definition) is 2. The highest BCUT2D eigenvalue weighted by atomic mass is 35.5. The predicted octanol–water partition coefficient (Wildman–Crippen LogP) is 5.18. The fourth-order valence-electron chi connectivity index (χ4n) is 4.01. The van der Waals surface area contributed by atoms with Crippen LogP contribution >= 0.6 is 23.2 Å². The van der Waals surface area contributed by atoms with E-state index in [9.17, 15) is 4.79 Å². The Morgan fingerprint density at radius 2 is 2.04 bits per heavy atom. The molecule has 2 aromatic carbocycles. The summed E-state index contributed by atoms with van der Waals surface area (Å²) in [6.07, 6.45) is 5.44. The first-order valence-corrected chi connectivity index (χ1v) is 9.09. The molecule has 2 aromatic rings. The Bertz CT molecular complexity index is 878. The summed E-state index contributed by atoms with van der Waals surface area (Å²) in [5.74, 6) is 0.550. The van der Waals surface area contributed by atoms with Gasteiger partial charge < -0.3 is 10.6 Å². The molecular formula is C20H18Cl2N2O. The first kappa shape index (κ1) is 16.5. The van der Waals surface area contributed by atoms with Crippen molar-refractivity contribution in [2.45, 2.75) is 18.4 Å². The molecule has 4 rings (SSSR count). The lowest BCUT2D eigenvalue weighted by atomic mass is 9.76. The third-order valence-corrected chi connectivity index (χ3v) is 5.73. The molecule has 0 saturated heterocycles. The van der Waals surface area contributed by atoms with Crippen molar-refractivity contribution in [1.29, 1.82) is 0 Å². The van der Waals surface area contributed by atoms with Crippen LogP contribution in [0.25, 0.3) is 0 Å². The van der Waals surface area contributed by atoms with Gasteiger partial charge in [-0.2, -0.15) is 0 Å². The van der Waals surface area contributed by atoms with Crippen molar-refractivity contribution < 1.29 is 4.79 Å². The van der Waals surface area contributed by atoms with E-state index in [1.165, 1.54) is 5.56 Å². The minimum absolute atomic E-state index is 0.0306. The van der Waals surface area contributed by atoms with E-state index in [0.29, 0.717) is 21.5 Å². The zero-order chi connectivity index (χ0) is 17.6. The van der Waals surface area contributed by atoms with E-state index < -0.39 is 0 Å². The van der Waals surface area contributed by atoms with Gasteiger partial charge in [0.05, 0.1) is 17.3 Å². The van der Waals surface area contributed by atoms with Crippen molar-refractivity contribution in [3.05, 3.63) is 75.3 Å². The lowest BCUT2D eigenvalue weighted by molar-refractivity contribution is 0.0963. The van der Waals surface area contributed by atoms with Gasteiger partial charge in [0.15, 0.2) is 0 Å². The molecule has 0 fully saturated rings. The molecule has 25 heavy (non-hydrogen) atoms. The number of rotatable bonds is 2. The molecule has 3 unspecified atom stereocenters. The number of hydrogen-bond acceptors (Lipinski definition) is 2. The Morgan fingerprint density at radius 3 is 2.80 bits per heavy atom. The van der Waals surface area contributed by atoms with Crippen LogP contribution in [0.4, 0.5) is 5.69 Å². The Morgan fingerprint density at radius 1 is 1.20 bits per heavy atom. The van der Waals surface area contributed by atoms with E-state index in [2.05, 4.69) is 28.9 Å². The molecule has 0 saturated carbocycles. The molecule has 1 heterocycles. The van der Waals surface area contributed by atoms with Gasteiger partial charge in [-0.1, -0.05) is 53.6 Å². The van der Waals surface area contributed by atoms with Gasteiger partial charge in [0, 0.05) is 23.0 Å². The lowest BCUT2D eigenvalue weighted by Gasteiger charge is -2.38. The Labute approximate surface area is 157 Å². The molecule has 0 bridgehead atoms. The average molecular weight is 373 g/mol. The van der Waals surface area contributed by atoms with E-state index in [4.69, 9.17) is 23.2 Å². The first-order chi connectivity index (χ1) is 12.1. The molecule has 2 N–H and O–H groups in total. The smallest absolute Gasteiger partial charge is 0.253 e. The molecule has 1 amide bonds. The van der Waals surface area contributed by atoms with Gasteiger partial charge in [-0.3, -0.25) is 4.79 Å². The number of halogens is 2. The zero-order valence-electron chi connectivity index (χ0n) is 13.7. The summed E-state index contributed by atoms with van der Waals surface area (Å²) in [5, 5.41) is 7.60. The Kier molecular flexibility index (Phi) is 4.22. The summed E-state index contributed by atoms with van der Waals surface area (Å²) >= 11 is 12.5. The summed E-state index contributed by atoms with van der Waals surface area (Å²) in [5.41, 5.74) is 3.74. The number of amides is 1. The molecule has 5 heteroatoms. The van der Waals surface area contributed by atoms with Crippen LogP contribution in [0.15, 0.2) is 48.6 Å². The van der Waals surface area contributed by atoms with E-state index in [0.717, 1.165) is 17.7 Å². The first-order valence-electron chi connectivity index (χ1n) is 8.33. The monoisotopic (exact) mass is 372 g/mol. The van der Waals surface area contributed by atoms with Crippen LogP contribution in [0, 0.1) is 5.92 Å². The minimum Gasteiger partial charge on any atom is -0.377 e. The fraction of sp³-hybridized carbons (Fsp3) is 0.250. The maximum absolute atomic E-state index is 12.3. The molecular weight excluding hydrogens is 355 g/mol. The van der Waals surface area contributed by atoms with Crippen molar-refractivity contribution in [2.75, 3.05) is 12.4 Å². The fourth-order valence-corrected chi connectivity index (χ4v) is 4.53. The third-order valence-electron chi connectivity index (χ3n) is 5.17. The quantitative estimate of drug-likeness (QED) is 0.713. The summed E-state index contributed by atoms with van der Waals surface area (Å²) in [6.45, 7) is 0. The molecule has 1 aliphatic heterocycles. The van der Waals surface area contributed by atoms with Gasteiger partial charge in [-0.05, 0) is 41.7 Å². The van der Waals surface area contributed by atoms with Gasteiger partial charge in [0.1, 0.15) is 0 Å². The van der Waals surface area contributed by atoms with Crippen molar-refractivity contribution in [3.8, 4) is 0 Å². The molecule has 1 aliphatic carbocycles. The lowest BCUT2D eigenvalue weighted by Crippen LogP contribution is -2.31. The van der Waals surface area contributed by atoms with Crippen LogP contribution in [0.2, 0.25) is 10.0 Å². The van der Waals surface area contributed by atoms with E-state index >= 15 is 0 Å². The SMILES string of the molecule is CNC(=O)c1cccc2c1NC(c1ccc(Cl)cc1Cl)C1CC=CC21. The molecule has 3 nitrogen and oxygen atoms in total. The minimum atomic E-state index is -0.0919. The summed E-state index contributed by atoms with van der Waals surface area (Å²) in [4.78, 5) is 12.3. The topological polar surface area (TPSA) is 41.1 Å². The van der Waals surface area contributed by atoms with Crippen LogP contribution in [-0.4, -0.2) is 13.0 Å². The second kappa shape index (κ2) is 6.40. The standard InChI is InChI=1S/C20H18Cl2N2O/c1-23-20(25)16-7-3-6-14-12-4-2-5-13(12)18(24-19(14)16)15-9-8-11(21)10-17(15)22/h2-4,6-10,12-13,18,24H,5H2,1H3,(H,23,25). The second-order valence-corrected chi connectivity index (χ2v) is 7.33. The van der Waals surface area contributed by atoms with Gasteiger partial charge in [0.2, 0.25) is 0 Å². The highest BCUT2D eigenvalue weighted by Gasteiger charge is 2.39. The van der Waals surface area contributed by atoms with Crippen molar-refractivity contribution >= 4 is 34.8 Å². The summed E-state index contributed by atoms with van der Waals surface area (Å²) < 4.78 is 0. The summed E-state index contributed by atoms with van der Waals surface area (Å²) in [7, 11) is 1.65. The van der Waals surface area contributed by atoms with Crippen LogP contribution in [0.3, 0.4) is 0 Å². The molecule has 0 radical (unpaired) electrons. The third kappa shape index (κ3) is 2.72. The number of carbonyl (C=O) groups is 1. The van der Waals surface area contributed by atoms with E-state index in [1.807, 2.05) is 24.3 Å². The largest absolute Gasteiger partial charge is 0.377 e. The Hall–Kier alpha value is -1.97. The average Bonchev–Trinajstić information content (AvgIpc) is 3.10. The number of fused-ring (bicyclic) bond motifs is 3. The summed E-state index contributed by atoms with van der Waals surface area (Å²) in [6, 6.07) is 11.5. The maximum Gasteiger partial charge on any atom is 0.253 e. The Balaban J connectivity index is 1.84. The number of para-hydroxylation sites is 1. The number of allylic oxidation sites excluding steroid dienone is 2. The second-order valence-electron chi connectivity index (χ2n) is 6.49.